The van der Waals surface area contributed by atoms with E-state index in [1.165, 1.54) is 23.1 Å². The smallest absolute Gasteiger partial charge is 0.344 e. The molecule has 0 unspecified atom stereocenters. The SMILES string of the molecule is CNCCN(C)C(=O)Cc1ccccc1C(F)(F)F. The van der Waals surface area contributed by atoms with E-state index in [1.807, 2.05) is 0 Å². The van der Waals surface area contributed by atoms with Crippen LogP contribution in [0.15, 0.2) is 24.3 Å². The lowest BCUT2D eigenvalue weighted by molar-refractivity contribution is -0.138. The summed E-state index contributed by atoms with van der Waals surface area (Å²) in [5, 5.41) is 2.88. The summed E-state index contributed by atoms with van der Waals surface area (Å²) in [5.74, 6) is -0.327. The molecule has 0 saturated heterocycles. The third-order valence-electron chi connectivity index (χ3n) is 2.79. The second-order valence-electron chi connectivity index (χ2n) is 4.25. The highest BCUT2D eigenvalue weighted by molar-refractivity contribution is 5.79. The number of likely N-dealkylation sites (N-methyl/N-ethyl adjacent to an activating group) is 2. The minimum absolute atomic E-state index is 0.0105. The maximum Gasteiger partial charge on any atom is 0.416 e. The molecule has 1 rings (SSSR count). The summed E-state index contributed by atoms with van der Waals surface area (Å²) in [6, 6.07) is 5.16. The average molecular weight is 274 g/mol. The highest BCUT2D eigenvalue weighted by Gasteiger charge is 2.33. The second kappa shape index (κ2) is 6.56. The lowest BCUT2D eigenvalue weighted by Crippen LogP contribution is -2.34. The van der Waals surface area contributed by atoms with Crippen molar-refractivity contribution in [2.75, 3.05) is 27.2 Å². The molecule has 0 aliphatic carbocycles. The van der Waals surface area contributed by atoms with Gasteiger partial charge in [0.2, 0.25) is 5.91 Å². The third kappa shape index (κ3) is 4.55. The molecule has 0 spiro atoms. The monoisotopic (exact) mass is 274 g/mol. The van der Waals surface area contributed by atoms with Crippen molar-refractivity contribution >= 4 is 5.91 Å². The van der Waals surface area contributed by atoms with E-state index in [2.05, 4.69) is 5.32 Å². The summed E-state index contributed by atoms with van der Waals surface area (Å²) in [6.07, 6.45) is -4.67. The van der Waals surface area contributed by atoms with Crippen LogP contribution in [0, 0.1) is 0 Å². The van der Waals surface area contributed by atoms with E-state index in [4.69, 9.17) is 0 Å². The van der Waals surface area contributed by atoms with E-state index in [0.717, 1.165) is 6.07 Å². The fourth-order valence-corrected chi connectivity index (χ4v) is 1.65. The van der Waals surface area contributed by atoms with E-state index < -0.39 is 11.7 Å². The summed E-state index contributed by atoms with van der Waals surface area (Å²) >= 11 is 0. The largest absolute Gasteiger partial charge is 0.416 e. The van der Waals surface area contributed by atoms with Gasteiger partial charge in [0, 0.05) is 20.1 Å². The molecular formula is C13H17F3N2O. The number of nitrogens with zero attached hydrogens (tertiary/aromatic N) is 1. The number of carbonyl (C=O) groups is 1. The number of amides is 1. The fourth-order valence-electron chi connectivity index (χ4n) is 1.65. The van der Waals surface area contributed by atoms with Crippen molar-refractivity contribution in [2.24, 2.45) is 0 Å². The maximum atomic E-state index is 12.8. The van der Waals surface area contributed by atoms with Crippen molar-refractivity contribution in [3.8, 4) is 0 Å². The standard InChI is InChI=1S/C13H17F3N2O/c1-17-7-8-18(2)12(19)9-10-5-3-4-6-11(10)13(14,15)16/h3-6,17H,7-9H2,1-2H3. The fraction of sp³-hybridized carbons (Fsp3) is 0.462. The molecule has 0 radical (unpaired) electrons. The highest BCUT2D eigenvalue weighted by Crippen LogP contribution is 2.32. The molecule has 0 fully saturated rings. The first kappa shape index (κ1) is 15.5. The Hall–Kier alpha value is -1.56. The van der Waals surface area contributed by atoms with Gasteiger partial charge in [-0.1, -0.05) is 18.2 Å². The molecule has 1 N–H and O–H groups in total. The molecule has 0 aliphatic heterocycles. The zero-order chi connectivity index (χ0) is 14.5. The molecular weight excluding hydrogens is 257 g/mol. The first-order chi connectivity index (χ1) is 8.86. The zero-order valence-electron chi connectivity index (χ0n) is 10.9. The maximum absolute atomic E-state index is 12.8. The number of nitrogens with one attached hydrogen (secondary N) is 1. The lowest BCUT2D eigenvalue weighted by Gasteiger charge is -2.18. The summed E-state index contributed by atoms with van der Waals surface area (Å²) in [7, 11) is 3.33. The van der Waals surface area contributed by atoms with Gasteiger partial charge < -0.3 is 10.2 Å². The Balaban J connectivity index is 2.80. The highest BCUT2D eigenvalue weighted by atomic mass is 19.4. The predicted octanol–water partition coefficient (Wildman–Crippen LogP) is 1.93. The number of halogens is 3. The van der Waals surface area contributed by atoms with Crippen LogP contribution in [0.2, 0.25) is 0 Å². The summed E-state index contributed by atoms with van der Waals surface area (Å²) < 4.78 is 38.3. The van der Waals surface area contributed by atoms with Crippen LogP contribution in [0.25, 0.3) is 0 Å². The number of carbonyl (C=O) groups excluding carboxylic acids is 1. The number of hydrogen-bond donors (Lipinski definition) is 1. The van der Waals surface area contributed by atoms with Crippen LogP contribution < -0.4 is 5.32 Å². The van der Waals surface area contributed by atoms with Crippen molar-refractivity contribution < 1.29 is 18.0 Å². The van der Waals surface area contributed by atoms with Gasteiger partial charge in [0.1, 0.15) is 0 Å². The van der Waals surface area contributed by atoms with Crippen LogP contribution in [0.5, 0.6) is 0 Å². The van der Waals surface area contributed by atoms with E-state index in [0.29, 0.717) is 13.1 Å². The molecule has 0 aromatic heterocycles. The van der Waals surface area contributed by atoms with Gasteiger partial charge in [0.25, 0.3) is 0 Å². The van der Waals surface area contributed by atoms with Crippen LogP contribution in [-0.2, 0) is 17.4 Å². The number of hydrogen-bond acceptors (Lipinski definition) is 2. The molecule has 1 aromatic rings. The normalized spacial score (nSPS) is 11.4. The second-order valence-corrected chi connectivity index (χ2v) is 4.25. The minimum atomic E-state index is -4.43. The Kier molecular flexibility index (Phi) is 5.35. The molecule has 19 heavy (non-hydrogen) atoms. The van der Waals surface area contributed by atoms with Crippen molar-refractivity contribution in [1.29, 1.82) is 0 Å². The van der Waals surface area contributed by atoms with E-state index in [-0.39, 0.29) is 17.9 Å². The van der Waals surface area contributed by atoms with Crippen LogP contribution in [0.1, 0.15) is 11.1 Å². The van der Waals surface area contributed by atoms with Gasteiger partial charge >= 0.3 is 6.18 Å². The van der Waals surface area contributed by atoms with Gasteiger partial charge in [-0.2, -0.15) is 13.2 Å². The third-order valence-corrected chi connectivity index (χ3v) is 2.79. The molecule has 1 aromatic carbocycles. The first-order valence-electron chi connectivity index (χ1n) is 5.90. The lowest BCUT2D eigenvalue weighted by atomic mass is 10.0. The Bertz CT molecular complexity index is 432. The quantitative estimate of drug-likeness (QED) is 0.889. The van der Waals surface area contributed by atoms with Gasteiger partial charge in [-0.3, -0.25) is 4.79 Å². The Morgan fingerprint density at radius 3 is 2.53 bits per heavy atom. The first-order valence-corrected chi connectivity index (χ1v) is 5.90. The van der Waals surface area contributed by atoms with Crippen molar-refractivity contribution in [3.05, 3.63) is 35.4 Å². The van der Waals surface area contributed by atoms with Crippen LogP contribution in [0.3, 0.4) is 0 Å². The molecule has 6 heteroatoms. The van der Waals surface area contributed by atoms with Crippen LogP contribution >= 0.6 is 0 Å². The van der Waals surface area contributed by atoms with Gasteiger partial charge in [0.15, 0.2) is 0 Å². The van der Waals surface area contributed by atoms with Crippen LogP contribution in [-0.4, -0.2) is 38.0 Å². The van der Waals surface area contributed by atoms with E-state index in [1.54, 1.807) is 14.1 Å². The Morgan fingerprint density at radius 2 is 1.95 bits per heavy atom. The summed E-state index contributed by atoms with van der Waals surface area (Å²) in [6.45, 7) is 1.06. The van der Waals surface area contributed by atoms with E-state index in [9.17, 15) is 18.0 Å². The molecule has 106 valence electrons. The molecule has 3 nitrogen and oxygen atoms in total. The van der Waals surface area contributed by atoms with Crippen molar-refractivity contribution in [1.82, 2.24) is 10.2 Å². The Morgan fingerprint density at radius 1 is 1.32 bits per heavy atom. The molecule has 0 saturated carbocycles. The predicted molar refractivity (Wildman–Crippen MR) is 66.7 cm³/mol. The van der Waals surface area contributed by atoms with Crippen molar-refractivity contribution in [3.63, 3.8) is 0 Å². The molecule has 0 heterocycles. The number of benzene rings is 1. The van der Waals surface area contributed by atoms with Crippen LogP contribution in [0.4, 0.5) is 13.2 Å². The van der Waals surface area contributed by atoms with Gasteiger partial charge in [-0.25, -0.2) is 0 Å². The summed E-state index contributed by atoms with van der Waals surface area (Å²) in [4.78, 5) is 13.2. The van der Waals surface area contributed by atoms with E-state index >= 15 is 0 Å². The zero-order valence-corrected chi connectivity index (χ0v) is 10.9. The topological polar surface area (TPSA) is 32.3 Å². The van der Waals surface area contributed by atoms with Gasteiger partial charge in [-0.15, -0.1) is 0 Å². The molecule has 1 amide bonds. The van der Waals surface area contributed by atoms with Crippen molar-refractivity contribution in [2.45, 2.75) is 12.6 Å². The Labute approximate surface area is 110 Å². The van der Waals surface area contributed by atoms with Gasteiger partial charge in [0.05, 0.1) is 12.0 Å². The summed E-state index contributed by atoms with van der Waals surface area (Å²) in [5.41, 5.74) is -0.735. The molecule has 0 aliphatic rings. The average Bonchev–Trinajstić information content (AvgIpc) is 2.35. The minimum Gasteiger partial charge on any atom is -0.344 e. The molecule has 0 bridgehead atoms. The number of rotatable bonds is 5. The van der Waals surface area contributed by atoms with Gasteiger partial charge in [-0.05, 0) is 18.7 Å². The number of alkyl halides is 3. The molecule has 0 atom stereocenters.